The molecule has 1 unspecified atom stereocenters. The number of hydrogen-bond acceptors (Lipinski definition) is 5. The summed E-state index contributed by atoms with van der Waals surface area (Å²) in [6.07, 6.45) is 1.75. The highest BCUT2D eigenvalue weighted by atomic mass is 32.2. The van der Waals surface area contributed by atoms with Crippen molar-refractivity contribution in [2.45, 2.75) is 16.2 Å². The van der Waals surface area contributed by atoms with Crippen LogP contribution in [-0.4, -0.2) is 18.9 Å². The van der Waals surface area contributed by atoms with Crippen LogP contribution in [0.4, 0.5) is 0 Å². The maximum Gasteiger partial charge on any atom is 0.327 e. The average Bonchev–Trinajstić information content (AvgIpc) is 3.11. The molecule has 118 valence electrons. The molecule has 0 saturated heterocycles. The van der Waals surface area contributed by atoms with Gasteiger partial charge in [-0.1, -0.05) is 35.9 Å². The monoisotopic (exact) mass is 351 g/mol. The number of aryl methyl sites for hydroxylation is 1. The number of pyridine rings is 1. The minimum Gasteiger partial charge on any atom is -0.605 e. The predicted molar refractivity (Wildman–Crippen MR) is 96.5 cm³/mol. The normalized spacial score (nSPS) is 12.4. The van der Waals surface area contributed by atoms with E-state index in [0.29, 0.717) is 10.2 Å². The fourth-order valence-electron chi connectivity index (χ4n) is 2.36. The molecule has 0 amide bonds. The van der Waals surface area contributed by atoms with E-state index in [0.717, 1.165) is 26.9 Å². The minimum atomic E-state index is -1.31. The first-order chi connectivity index (χ1) is 11.7. The Kier molecular flexibility index (Phi) is 4.02. The Morgan fingerprint density at radius 3 is 2.67 bits per heavy atom. The van der Waals surface area contributed by atoms with Gasteiger partial charge in [0.1, 0.15) is 0 Å². The summed E-state index contributed by atoms with van der Waals surface area (Å²) in [6, 6.07) is 17.5. The van der Waals surface area contributed by atoms with E-state index in [4.69, 9.17) is 0 Å². The zero-order valence-corrected chi connectivity index (χ0v) is 14.5. The molecule has 2 heterocycles. The largest absolute Gasteiger partial charge is 0.605 e. The van der Waals surface area contributed by atoms with Crippen molar-refractivity contribution in [1.29, 1.82) is 0 Å². The van der Waals surface area contributed by atoms with Crippen LogP contribution in [-0.2, 0) is 11.2 Å². The van der Waals surface area contributed by atoms with Crippen molar-refractivity contribution in [2.24, 2.45) is 0 Å². The van der Waals surface area contributed by atoms with Gasteiger partial charge in [-0.2, -0.15) is 9.36 Å². The molecule has 0 aliphatic rings. The first-order valence-electron chi connectivity index (χ1n) is 7.38. The molecule has 2 aromatic heterocycles. The summed E-state index contributed by atoms with van der Waals surface area (Å²) in [6.45, 7) is 2.00. The number of hydrogen-bond donors (Lipinski definition) is 0. The Balaban J connectivity index is 1.67. The van der Waals surface area contributed by atoms with E-state index in [1.54, 1.807) is 6.20 Å². The first-order valence-corrected chi connectivity index (χ1v) is 9.30. The van der Waals surface area contributed by atoms with E-state index in [1.807, 2.05) is 61.5 Å². The van der Waals surface area contributed by atoms with Gasteiger partial charge in [0, 0.05) is 28.7 Å². The molecule has 0 N–H and O–H groups in total. The number of benzene rings is 2. The molecule has 0 aliphatic heterocycles. The Morgan fingerprint density at radius 1 is 1.04 bits per heavy atom. The lowest BCUT2D eigenvalue weighted by Crippen LogP contribution is -2.01. The zero-order chi connectivity index (χ0) is 16.5. The second kappa shape index (κ2) is 6.32. The summed E-state index contributed by atoms with van der Waals surface area (Å²) in [4.78, 5) is 9.62. The van der Waals surface area contributed by atoms with Gasteiger partial charge in [0.05, 0.1) is 16.7 Å². The molecule has 4 aromatic rings. The maximum absolute atomic E-state index is 12.6. The van der Waals surface area contributed by atoms with E-state index in [-0.39, 0.29) is 0 Å². The lowest BCUT2D eigenvalue weighted by Gasteiger charge is -2.05. The van der Waals surface area contributed by atoms with Crippen LogP contribution in [0.25, 0.3) is 22.3 Å². The number of aromatic nitrogens is 3. The second-order valence-electron chi connectivity index (χ2n) is 5.38. The van der Waals surface area contributed by atoms with Crippen molar-refractivity contribution in [3.05, 3.63) is 66.4 Å². The van der Waals surface area contributed by atoms with Gasteiger partial charge in [-0.25, -0.2) is 0 Å². The standard InChI is InChI=1S/C18H13N3OS2/c1-12-6-8-15(9-7-12)24(22)18-20-17(21-23-18)14-10-13-4-2-3-5-16(13)19-11-14/h2-11H,1H3. The first kappa shape index (κ1) is 15.3. The van der Waals surface area contributed by atoms with E-state index in [1.165, 1.54) is 11.5 Å². The molecule has 2 aromatic carbocycles. The Hall–Kier alpha value is -2.28. The van der Waals surface area contributed by atoms with Gasteiger partial charge in [0.25, 0.3) is 0 Å². The van der Waals surface area contributed by atoms with Crippen LogP contribution in [0.15, 0.2) is 70.0 Å². The topological polar surface area (TPSA) is 61.7 Å². The van der Waals surface area contributed by atoms with Crippen LogP contribution in [0.1, 0.15) is 5.56 Å². The molecule has 0 aliphatic carbocycles. The molecule has 4 nitrogen and oxygen atoms in total. The van der Waals surface area contributed by atoms with Crippen LogP contribution in [0.5, 0.6) is 0 Å². The second-order valence-corrected chi connectivity index (χ2v) is 7.79. The fraction of sp³-hybridized carbons (Fsp3) is 0.0556. The lowest BCUT2D eigenvalue weighted by atomic mass is 10.1. The molecular formula is C18H13N3OS2. The van der Waals surface area contributed by atoms with Gasteiger partial charge in [-0.15, -0.1) is 0 Å². The third kappa shape index (κ3) is 2.91. The van der Waals surface area contributed by atoms with Crippen molar-refractivity contribution >= 4 is 33.6 Å². The highest BCUT2D eigenvalue weighted by Gasteiger charge is 2.21. The summed E-state index contributed by atoms with van der Waals surface area (Å²) >= 11 is -0.143. The van der Waals surface area contributed by atoms with Gasteiger partial charge in [0.2, 0.25) is 0 Å². The van der Waals surface area contributed by atoms with Crippen LogP contribution < -0.4 is 0 Å². The molecule has 0 radical (unpaired) electrons. The SMILES string of the molecule is Cc1ccc([S+]([O-])c2nc(-c3cnc4ccccc4c3)ns2)cc1. The van der Waals surface area contributed by atoms with Crippen LogP contribution >= 0.6 is 11.5 Å². The highest BCUT2D eigenvalue weighted by Crippen LogP contribution is 2.27. The summed E-state index contributed by atoms with van der Waals surface area (Å²) in [7, 11) is 0. The van der Waals surface area contributed by atoms with Crippen molar-refractivity contribution < 1.29 is 4.55 Å². The van der Waals surface area contributed by atoms with Gasteiger partial charge >= 0.3 is 4.34 Å². The van der Waals surface area contributed by atoms with Gasteiger partial charge in [0.15, 0.2) is 10.7 Å². The number of nitrogens with zero attached hydrogens (tertiary/aromatic N) is 3. The summed E-state index contributed by atoms with van der Waals surface area (Å²) in [5.74, 6) is 0.564. The maximum atomic E-state index is 12.6. The van der Waals surface area contributed by atoms with E-state index in [2.05, 4.69) is 14.3 Å². The quantitative estimate of drug-likeness (QED) is 0.518. The molecule has 1 atom stereocenters. The van der Waals surface area contributed by atoms with Gasteiger partial charge < -0.3 is 4.55 Å². The summed E-state index contributed by atoms with van der Waals surface area (Å²) < 4.78 is 17.5. The fourth-order valence-corrected chi connectivity index (χ4v) is 4.22. The van der Waals surface area contributed by atoms with Crippen LogP contribution in [0.2, 0.25) is 0 Å². The molecular weight excluding hydrogens is 338 g/mol. The molecule has 0 bridgehead atoms. The third-order valence-corrected chi connectivity index (χ3v) is 5.95. The Morgan fingerprint density at radius 2 is 1.83 bits per heavy atom. The predicted octanol–water partition coefficient (Wildman–Crippen LogP) is 4.23. The zero-order valence-electron chi connectivity index (χ0n) is 12.8. The number of rotatable bonds is 3. The number of fused-ring (bicyclic) bond motifs is 1. The Labute approximate surface area is 146 Å². The van der Waals surface area contributed by atoms with E-state index >= 15 is 0 Å². The molecule has 0 spiro atoms. The van der Waals surface area contributed by atoms with Crippen molar-refractivity contribution in [1.82, 2.24) is 14.3 Å². The minimum absolute atomic E-state index is 0.502. The average molecular weight is 351 g/mol. The molecule has 0 saturated carbocycles. The van der Waals surface area contributed by atoms with Crippen molar-refractivity contribution in [2.75, 3.05) is 0 Å². The van der Waals surface area contributed by atoms with E-state index in [9.17, 15) is 4.55 Å². The summed E-state index contributed by atoms with van der Waals surface area (Å²) in [5.41, 5.74) is 2.90. The third-order valence-electron chi connectivity index (χ3n) is 3.65. The lowest BCUT2D eigenvalue weighted by molar-refractivity contribution is 0.594. The molecule has 0 fully saturated rings. The molecule has 24 heavy (non-hydrogen) atoms. The van der Waals surface area contributed by atoms with Crippen molar-refractivity contribution in [3.8, 4) is 11.4 Å². The van der Waals surface area contributed by atoms with Gasteiger partial charge in [-0.3, -0.25) is 4.98 Å². The van der Waals surface area contributed by atoms with Crippen LogP contribution in [0, 0.1) is 6.92 Å². The van der Waals surface area contributed by atoms with Crippen LogP contribution in [0.3, 0.4) is 0 Å². The van der Waals surface area contributed by atoms with Crippen molar-refractivity contribution in [3.63, 3.8) is 0 Å². The van der Waals surface area contributed by atoms with E-state index < -0.39 is 11.2 Å². The number of para-hydroxylation sites is 1. The molecule has 6 heteroatoms. The smallest absolute Gasteiger partial charge is 0.327 e. The Bertz CT molecular complexity index is 999. The van der Waals surface area contributed by atoms with Gasteiger partial charge in [-0.05, 0) is 31.2 Å². The highest BCUT2D eigenvalue weighted by molar-refractivity contribution is 7.93. The summed E-state index contributed by atoms with van der Waals surface area (Å²) in [5, 5.41) is 1.03. The molecule has 4 rings (SSSR count).